The molecule has 0 aliphatic heterocycles. The Hall–Kier alpha value is -2.96. The van der Waals surface area contributed by atoms with Crippen LogP contribution in [0.3, 0.4) is 0 Å². The summed E-state index contributed by atoms with van der Waals surface area (Å²) in [6.07, 6.45) is 2.26. The van der Waals surface area contributed by atoms with Crippen molar-refractivity contribution >= 4 is 17.3 Å². The molecule has 7 nitrogen and oxygen atoms in total. The molecule has 0 saturated heterocycles. The Morgan fingerprint density at radius 2 is 2.09 bits per heavy atom. The Bertz CT molecular complexity index is 783. The van der Waals surface area contributed by atoms with E-state index in [1.807, 2.05) is 6.92 Å². The topological polar surface area (TPSA) is 94.2 Å². The predicted octanol–water partition coefficient (Wildman–Crippen LogP) is 2.35. The van der Waals surface area contributed by atoms with E-state index in [1.165, 1.54) is 16.7 Å². The van der Waals surface area contributed by atoms with Crippen LogP contribution in [0.1, 0.15) is 18.9 Å². The third-order valence-electron chi connectivity index (χ3n) is 3.43. The van der Waals surface area contributed by atoms with Gasteiger partial charge in [0.1, 0.15) is 0 Å². The maximum atomic E-state index is 11.9. The van der Waals surface area contributed by atoms with Crippen molar-refractivity contribution in [3.63, 3.8) is 0 Å². The number of carbonyl (C=O) groups excluding carboxylic acids is 1. The number of benzene rings is 1. The van der Waals surface area contributed by atoms with Crippen molar-refractivity contribution in [2.24, 2.45) is 0 Å². The van der Waals surface area contributed by atoms with Crippen LogP contribution in [0.5, 0.6) is 0 Å². The third-order valence-corrected chi connectivity index (χ3v) is 3.43. The van der Waals surface area contributed by atoms with Crippen LogP contribution in [0.25, 0.3) is 0 Å². The van der Waals surface area contributed by atoms with E-state index in [-0.39, 0.29) is 30.1 Å². The Labute approximate surface area is 132 Å². The van der Waals surface area contributed by atoms with Gasteiger partial charge in [0.25, 0.3) is 11.2 Å². The third kappa shape index (κ3) is 4.26. The predicted molar refractivity (Wildman–Crippen MR) is 86.4 cm³/mol. The highest BCUT2D eigenvalue weighted by molar-refractivity contribution is 5.91. The lowest BCUT2D eigenvalue weighted by Gasteiger charge is -2.08. The van der Waals surface area contributed by atoms with Crippen molar-refractivity contribution in [2.75, 3.05) is 5.32 Å². The number of pyridine rings is 1. The fourth-order valence-corrected chi connectivity index (χ4v) is 2.20. The molecular weight excluding hydrogens is 298 g/mol. The summed E-state index contributed by atoms with van der Waals surface area (Å²) >= 11 is 0. The second-order valence-electron chi connectivity index (χ2n) is 4.98. The maximum absolute atomic E-state index is 11.9. The van der Waals surface area contributed by atoms with Gasteiger partial charge in [-0.25, -0.2) is 0 Å². The number of amides is 1. The largest absolute Gasteiger partial charge is 0.326 e. The van der Waals surface area contributed by atoms with Gasteiger partial charge in [-0.05, 0) is 18.6 Å². The molecular formula is C16H17N3O4. The molecule has 0 unspecified atom stereocenters. The highest BCUT2D eigenvalue weighted by Crippen LogP contribution is 2.23. The van der Waals surface area contributed by atoms with Crippen LogP contribution in [-0.2, 0) is 17.8 Å². The molecule has 0 spiro atoms. The minimum absolute atomic E-state index is 0.00965. The standard InChI is InChI=1S/C16H17N3O4/c1-2-12-6-7-13(11-14(12)19(22)23)17-15(20)8-10-18-9-4-3-5-16(18)21/h3-7,9,11H,2,8,10H2,1H3,(H,17,20). The minimum atomic E-state index is -0.460. The molecule has 1 aromatic carbocycles. The first kappa shape index (κ1) is 16.4. The summed E-state index contributed by atoms with van der Waals surface area (Å²) in [6.45, 7) is 2.08. The monoisotopic (exact) mass is 315 g/mol. The van der Waals surface area contributed by atoms with Crippen LogP contribution in [0.2, 0.25) is 0 Å². The molecule has 23 heavy (non-hydrogen) atoms. The molecule has 2 rings (SSSR count). The lowest BCUT2D eigenvalue weighted by molar-refractivity contribution is -0.385. The van der Waals surface area contributed by atoms with Gasteiger partial charge in [-0.1, -0.05) is 19.1 Å². The van der Waals surface area contributed by atoms with Crippen molar-refractivity contribution in [3.8, 4) is 0 Å². The average molecular weight is 315 g/mol. The number of aromatic nitrogens is 1. The zero-order valence-corrected chi connectivity index (χ0v) is 12.7. The van der Waals surface area contributed by atoms with Gasteiger partial charge in [0.2, 0.25) is 5.91 Å². The Morgan fingerprint density at radius 3 is 2.74 bits per heavy atom. The number of nitro benzene ring substituents is 1. The number of nitrogens with one attached hydrogen (secondary N) is 1. The van der Waals surface area contributed by atoms with E-state index in [1.54, 1.807) is 30.5 Å². The van der Waals surface area contributed by atoms with Crippen LogP contribution in [0, 0.1) is 10.1 Å². The SMILES string of the molecule is CCc1ccc(NC(=O)CCn2ccccc2=O)cc1[N+](=O)[O-]. The Kier molecular flexibility index (Phi) is 5.24. The molecule has 0 bridgehead atoms. The molecule has 120 valence electrons. The molecule has 1 N–H and O–H groups in total. The van der Waals surface area contributed by atoms with Gasteiger partial charge in [0.05, 0.1) is 4.92 Å². The molecule has 7 heteroatoms. The van der Waals surface area contributed by atoms with E-state index >= 15 is 0 Å². The number of carbonyl (C=O) groups is 1. The summed E-state index contributed by atoms with van der Waals surface area (Å²) in [7, 11) is 0. The highest BCUT2D eigenvalue weighted by Gasteiger charge is 2.14. The van der Waals surface area contributed by atoms with E-state index in [4.69, 9.17) is 0 Å². The highest BCUT2D eigenvalue weighted by atomic mass is 16.6. The van der Waals surface area contributed by atoms with E-state index in [2.05, 4.69) is 5.32 Å². The molecule has 1 aromatic heterocycles. The number of hydrogen-bond acceptors (Lipinski definition) is 4. The molecule has 1 amide bonds. The number of nitro groups is 1. The summed E-state index contributed by atoms with van der Waals surface area (Å²) in [5, 5.41) is 13.6. The van der Waals surface area contributed by atoms with Gasteiger partial charge in [-0.15, -0.1) is 0 Å². The summed E-state index contributed by atoms with van der Waals surface area (Å²) in [5.74, 6) is -0.306. The number of nitrogens with zero attached hydrogens (tertiary/aromatic N) is 2. The number of rotatable bonds is 6. The molecule has 0 saturated carbocycles. The first-order chi connectivity index (χ1) is 11.0. The molecule has 0 fully saturated rings. The number of hydrogen-bond donors (Lipinski definition) is 1. The minimum Gasteiger partial charge on any atom is -0.326 e. The van der Waals surface area contributed by atoms with Gasteiger partial charge in [0, 0.05) is 42.5 Å². The van der Waals surface area contributed by atoms with Crippen molar-refractivity contribution in [1.82, 2.24) is 4.57 Å². The maximum Gasteiger partial charge on any atom is 0.274 e. The fourth-order valence-electron chi connectivity index (χ4n) is 2.20. The summed E-state index contributed by atoms with van der Waals surface area (Å²) in [6, 6.07) is 9.39. The molecule has 0 aliphatic carbocycles. The van der Waals surface area contributed by atoms with Crippen LogP contribution in [0.15, 0.2) is 47.4 Å². The van der Waals surface area contributed by atoms with Crippen LogP contribution >= 0.6 is 0 Å². The van der Waals surface area contributed by atoms with Gasteiger partial charge in [-0.3, -0.25) is 19.7 Å². The lowest BCUT2D eigenvalue weighted by atomic mass is 10.1. The molecule has 0 aliphatic rings. The number of anilines is 1. The second kappa shape index (κ2) is 7.35. The van der Waals surface area contributed by atoms with E-state index in [0.29, 0.717) is 17.7 Å². The zero-order valence-electron chi connectivity index (χ0n) is 12.7. The molecule has 1 heterocycles. The fraction of sp³-hybridized carbons (Fsp3) is 0.250. The molecule has 0 atom stereocenters. The van der Waals surface area contributed by atoms with Crippen molar-refractivity contribution in [2.45, 2.75) is 26.3 Å². The van der Waals surface area contributed by atoms with Gasteiger partial charge in [-0.2, -0.15) is 0 Å². The first-order valence-electron chi connectivity index (χ1n) is 7.24. The summed E-state index contributed by atoms with van der Waals surface area (Å²) < 4.78 is 1.43. The summed E-state index contributed by atoms with van der Waals surface area (Å²) in [4.78, 5) is 34.0. The quantitative estimate of drug-likeness (QED) is 0.654. The van der Waals surface area contributed by atoms with Crippen molar-refractivity contribution in [3.05, 3.63) is 68.6 Å². The molecule has 0 radical (unpaired) electrons. The van der Waals surface area contributed by atoms with E-state index < -0.39 is 4.92 Å². The number of aryl methyl sites for hydroxylation is 2. The van der Waals surface area contributed by atoms with Gasteiger partial charge < -0.3 is 9.88 Å². The van der Waals surface area contributed by atoms with Crippen molar-refractivity contribution in [1.29, 1.82) is 0 Å². The average Bonchev–Trinajstić information content (AvgIpc) is 2.54. The first-order valence-corrected chi connectivity index (χ1v) is 7.24. The smallest absolute Gasteiger partial charge is 0.274 e. The van der Waals surface area contributed by atoms with Crippen LogP contribution in [0.4, 0.5) is 11.4 Å². The van der Waals surface area contributed by atoms with Crippen LogP contribution < -0.4 is 10.9 Å². The zero-order chi connectivity index (χ0) is 16.8. The van der Waals surface area contributed by atoms with Gasteiger partial charge in [0.15, 0.2) is 0 Å². The lowest BCUT2D eigenvalue weighted by Crippen LogP contribution is -2.21. The Balaban J connectivity index is 2.03. The summed E-state index contributed by atoms with van der Waals surface area (Å²) in [5.41, 5.74) is 0.802. The Morgan fingerprint density at radius 1 is 1.30 bits per heavy atom. The van der Waals surface area contributed by atoms with Crippen LogP contribution in [-0.4, -0.2) is 15.4 Å². The molecule has 2 aromatic rings. The van der Waals surface area contributed by atoms with Gasteiger partial charge >= 0.3 is 0 Å². The van der Waals surface area contributed by atoms with E-state index in [0.717, 1.165) is 0 Å². The van der Waals surface area contributed by atoms with Crippen molar-refractivity contribution < 1.29 is 9.72 Å². The normalized spacial score (nSPS) is 10.3. The van der Waals surface area contributed by atoms with E-state index in [9.17, 15) is 19.7 Å². The second-order valence-corrected chi connectivity index (χ2v) is 4.98.